The van der Waals surface area contributed by atoms with Crippen molar-refractivity contribution in [1.29, 1.82) is 0 Å². The highest BCUT2D eigenvalue weighted by Crippen LogP contribution is 2.28. The van der Waals surface area contributed by atoms with Crippen molar-refractivity contribution in [2.45, 2.75) is 4.90 Å². The molecule has 0 fully saturated rings. The van der Waals surface area contributed by atoms with Crippen molar-refractivity contribution < 1.29 is 8.42 Å². The molecule has 4 rings (SSSR count). The quantitative estimate of drug-likeness (QED) is 0.565. The lowest BCUT2D eigenvalue weighted by Gasteiger charge is -2.10. The molecule has 0 aliphatic carbocycles. The lowest BCUT2D eigenvalue weighted by atomic mass is 10.0. The van der Waals surface area contributed by atoms with E-state index in [4.69, 9.17) is 5.14 Å². The van der Waals surface area contributed by atoms with Gasteiger partial charge in [-0.1, -0.05) is 12.1 Å². The normalized spacial score (nSPS) is 11.4. The molecule has 0 aliphatic rings. The van der Waals surface area contributed by atoms with E-state index in [0.717, 1.165) is 21.9 Å². The van der Waals surface area contributed by atoms with Crippen LogP contribution in [0.2, 0.25) is 0 Å². The van der Waals surface area contributed by atoms with Crippen molar-refractivity contribution in [2.24, 2.45) is 5.14 Å². The summed E-state index contributed by atoms with van der Waals surface area (Å²) in [5.41, 5.74) is 2.66. The lowest BCUT2D eigenvalue weighted by molar-refractivity contribution is 0.598. The van der Waals surface area contributed by atoms with E-state index in [9.17, 15) is 8.42 Å². The molecule has 2 aromatic heterocycles. The van der Waals surface area contributed by atoms with Crippen molar-refractivity contribution in [3.63, 3.8) is 0 Å². The predicted molar refractivity (Wildman–Crippen MR) is 104 cm³/mol. The van der Waals surface area contributed by atoms with Crippen LogP contribution in [0.1, 0.15) is 0 Å². The first-order valence-electron chi connectivity index (χ1n) is 8.05. The van der Waals surface area contributed by atoms with E-state index in [0.29, 0.717) is 11.5 Å². The number of nitrogens with two attached hydrogens (primary N) is 1. The summed E-state index contributed by atoms with van der Waals surface area (Å²) < 4.78 is 22.7. The number of pyridine rings is 1. The summed E-state index contributed by atoms with van der Waals surface area (Å²) in [5.74, 6) is 0.673. The number of nitrogens with zero attached hydrogens (tertiary/aromatic N) is 3. The van der Waals surface area contributed by atoms with E-state index in [2.05, 4.69) is 20.3 Å². The maximum absolute atomic E-state index is 11.4. The Labute approximate surface area is 156 Å². The summed E-state index contributed by atoms with van der Waals surface area (Å²) in [7, 11) is -3.71. The number of hydrogen-bond acceptors (Lipinski definition) is 6. The number of hydrogen-bond donors (Lipinski definition) is 2. The average molecular weight is 377 g/mol. The molecule has 0 amide bonds. The van der Waals surface area contributed by atoms with Gasteiger partial charge in [-0.3, -0.25) is 0 Å². The first-order chi connectivity index (χ1) is 13.0. The van der Waals surface area contributed by atoms with E-state index in [1.165, 1.54) is 18.5 Å². The van der Waals surface area contributed by atoms with Crippen LogP contribution in [-0.4, -0.2) is 23.4 Å². The molecule has 27 heavy (non-hydrogen) atoms. The lowest BCUT2D eigenvalue weighted by Crippen LogP contribution is -2.11. The zero-order valence-electron chi connectivity index (χ0n) is 14.1. The predicted octanol–water partition coefficient (Wildman–Crippen LogP) is 3.08. The second-order valence-electron chi connectivity index (χ2n) is 5.92. The number of rotatable bonds is 4. The third-order valence-corrected chi connectivity index (χ3v) is 5.03. The molecule has 0 aliphatic heterocycles. The van der Waals surface area contributed by atoms with E-state index in [1.807, 2.05) is 24.3 Å². The average Bonchev–Trinajstić information content (AvgIpc) is 2.68. The topological polar surface area (TPSA) is 111 Å². The first kappa shape index (κ1) is 17.1. The molecule has 7 nitrogen and oxygen atoms in total. The van der Waals surface area contributed by atoms with Crippen LogP contribution in [0.3, 0.4) is 0 Å². The van der Waals surface area contributed by atoms with E-state index in [1.54, 1.807) is 30.7 Å². The van der Waals surface area contributed by atoms with Crippen molar-refractivity contribution >= 4 is 32.3 Å². The number of aromatic nitrogens is 3. The SMILES string of the molecule is NS(=O)(=O)c1ccc(Nc2nccc3cc(-c4cncnc4)ccc23)cc1. The van der Waals surface area contributed by atoms with Gasteiger partial charge in [-0.05, 0) is 47.3 Å². The van der Waals surface area contributed by atoms with E-state index >= 15 is 0 Å². The Bertz CT molecular complexity index is 1210. The van der Waals surface area contributed by atoms with Gasteiger partial charge < -0.3 is 5.32 Å². The molecule has 134 valence electrons. The fraction of sp³-hybridized carbons (Fsp3) is 0. The van der Waals surface area contributed by atoms with E-state index < -0.39 is 10.0 Å². The molecule has 0 unspecified atom stereocenters. The van der Waals surface area contributed by atoms with Gasteiger partial charge in [-0.25, -0.2) is 28.5 Å². The molecule has 8 heteroatoms. The summed E-state index contributed by atoms with van der Waals surface area (Å²) in [4.78, 5) is 12.6. The molecule has 0 saturated heterocycles. The van der Waals surface area contributed by atoms with Crippen LogP contribution in [0.4, 0.5) is 11.5 Å². The Morgan fingerprint density at radius 2 is 1.63 bits per heavy atom. The number of benzene rings is 2. The largest absolute Gasteiger partial charge is 0.340 e. The van der Waals surface area contributed by atoms with Crippen molar-refractivity contribution in [1.82, 2.24) is 15.0 Å². The number of nitrogens with one attached hydrogen (secondary N) is 1. The number of primary sulfonamides is 1. The molecule has 2 heterocycles. The number of sulfonamides is 1. The van der Waals surface area contributed by atoms with Gasteiger partial charge in [0, 0.05) is 35.2 Å². The third kappa shape index (κ3) is 3.62. The Hall–Kier alpha value is -3.36. The van der Waals surface area contributed by atoms with Gasteiger partial charge in [-0.2, -0.15) is 0 Å². The van der Waals surface area contributed by atoms with Crippen LogP contribution in [-0.2, 0) is 10.0 Å². The van der Waals surface area contributed by atoms with Gasteiger partial charge in [0.15, 0.2) is 0 Å². The monoisotopic (exact) mass is 377 g/mol. The molecular weight excluding hydrogens is 362 g/mol. The minimum Gasteiger partial charge on any atom is -0.340 e. The Balaban J connectivity index is 1.68. The summed E-state index contributed by atoms with van der Waals surface area (Å²) in [6.45, 7) is 0. The van der Waals surface area contributed by atoms with Crippen LogP contribution in [0.15, 0.2) is 78.3 Å². The fourth-order valence-corrected chi connectivity index (χ4v) is 3.29. The highest BCUT2D eigenvalue weighted by Gasteiger charge is 2.09. The highest BCUT2D eigenvalue weighted by molar-refractivity contribution is 7.89. The molecular formula is C19H15N5O2S. The van der Waals surface area contributed by atoms with Gasteiger partial charge in [0.05, 0.1) is 4.90 Å². The summed E-state index contributed by atoms with van der Waals surface area (Å²) >= 11 is 0. The standard InChI is InChI=1S/C19H15N5O2S/c20-27(25,26)17-4-2-16(3-5-17)24-19-18-6-1-13(9-14(18)7-8-23-19)15-10-21-12-22-11-15/h1-12H,(H,23,24)(H2,20,25,26). The second kappa shape index (κ2) is 6.75. The second-order valence-corrected chi connectivity index (χ2v) is 7.48. The summed E-state index contributed by atoms with van der Waals surface area (Å²) in [6.07, 6.45) is 6.75. The molecule has 0 bridgehead atoms. The molecule has 0 atom stereocenters. The summed E-state index contributed by atoms with van der Waals surface area (Å²) in [5, 5.41) is 10.3. The Kier molecular flexibility index (Phi) is 4.27. The maximum atomic E-state index is 11.4. The zero-order chi connectivity index (χ0) is 18.9. The van der Waals surface area contributed by atoms with Crippen molar-refractivity contribution in [3.8, 4) is 11.1 Å². The van der Waals surface area contributed by atoms with Gasteiger partial charge in [0.25, 0.3) is 0 Å². The van der Waals surface area contributed by atoms with Gasteiger partial charge >= 0.3 is 0 Å². The fourth-order valence-electron chi connectivity index (χ4n) is 2.77. The van der Waals surface area contributed by atoms with E-state index in [-0.39, 0.29) is 4.90 Å². The number of fused-ring (bicyclic) bond motifs is 1. The highest BCUT2D eigenvalue weighted by atomic mass is 32.2. The molecule has 0 saturated carbocycles. The van der Waals surface area contributed by atoms with Gasteiger partial charge in [-0.15, -0.1) is 0 Å². The van der Waals surface area contributed by atoms with Crippen LogP contribution in [0.5, 0.6) is 0 Å². The summed E-state index contributed by atoms with van der Waals surface area (Å²) in [6, 6.07) is 14.1. The van der Waals surface area contributed by atoms with Crippen LogP contribution in [0.25, 0.3) is 21.9 Å². The minimum absolute atomic E-state index is 0.0636. The van der Waals surface area contributed by atoms with Gasteiger partial charge in [0.2, 0.25) is 10.0 Å². The van der Waals surface area contributed by atoms with Crippen LogP contribution >= 0.6 is 0 Å². The smallest absolute Gasteiger partial charge is 0.238 e. The molecule has 2 aromatic carbocycles. The van der Waals surface area contributed by atoms with Gasteiger partial charge in [0.1, 0.15) is 12.1 Å². The first-order valence-corrected chi connectivity index (χ1v) is 9.59. The molecule has 3 N–H and O–H groups in total. The van der Waals surface area contributed by atoms with Crippen LogP contribution in [0, 0.1) is 0 Å². The molecule has 0 radical (unpaired) electrons. The number of anilines is 2. The van der Waals surface area contributed by atoms with Crippen LogP contribution < -0.4 is 10.5 Å². The third-order valence-electron chi connectivity index (χ3n) is 4.10. The van der Waals surface area contributed by atoms with Crippen molar-refractivity contribution in [3.05, 3.63) is 73.4 Å². The van der Waals surface area contributed by atoms with Crippen molar-refractivity contribution in [2.75, 3.05) is 5.32 Å². The Morgan fingerprint density at radius 3 is 2.33 bits per heavy atom. The molecule has 0 spiro atoms. The molecule has 4 aromatic rings. The maximum Gasteiger partial charge on any atom is 0.238 e. The minimum atomic E-state index is -3.71. The zero-order valence-corrected chi connectivity index (χ0v) is 14.9. The Morgan fingerprint density at radius 1 is 0.889 bits per heavy atom.